The van der Waals surface area contributed by atoms with Gasteiger partial charge in [0.15, 0.2) is 0 Å². The minimum atomic E-state index is 0.223. The summed E-state index contributed by atoms with van der Waals surface area (Å²) in [6.07, 6.45) is 6.36. The van der Waals surface area contributed by atoms with Gasteiger partial charge >= 0.3 is 0 Å². The van der Waals surface area contributed by atoms with Crippen LogP contribution in [0, 0.1) is 11.3 Å². The lowest BCUT2D eigenvalue weighted by atomic mass is 10.1. The van der Waals surface area contributed by atoms with Crippen molar-refractivity contribution in [3.8, 4) is 11.8 Å². The van der Waals surface area contributed by atoms with Crippen molar-refractivity contribution >= 4 is 0 Å². The van der Waals surface area contributed by atoms with Crippen LogP contribution in [0.25, 0.3) is 0 Å². The largest absolute Gasteiger partial charge is 0.491 e. The van der Waals surface area contributed by atoms with Crippen LogP contribution < -0.4 is 4.74 Å². The van der Waals surface area contributed by atoms with Gasteiger partial charge in [-0.25, -0.2) is 0 Å². The predicted octanol–water partition coefficient (Wildman–Crippen LogP) is 4.30. The molecule has 0 heterocycles. The first-order valence-corrected chi connectivity index (χ1v) is 6.43. The van der Waals surface area contributed by atoms with Crippen LogP contribution in [0.1, 0.15) is 51.5 Å². The van der Waals surface area contributed by atoms with Crippen LogP contribution in [0.15, 0.2) is 24.3 Å². The highest BCUT2D eigenvalue weighted by Gasteiger charge is 2.04. The van der Waals surface area contributed by atoms with E-state index in [1.54, 1.807) is 12.1 Å². The summed E-state index contributed by atoms with van der Waals surface area (Å²) < 4.78 is 5.79. The number of nitriles is 1. The third kappa shape index (κ3) is 5.40. The summed E-state index contributed by atoms with van der Waals surface area (Å²) in [6, 6.07) is 9.47. The molecule has 0 aliphatic carbocycles. The normalized spacial score (nSPS) is 11.8. The second kappa shape index (κ2) is 7.73. The molecule has 92 valence electrons. The van der Waals surface area contributed by atoms with Gasteiger partial charge in [0.05, 0.1) is 17.7 Å². The fourth-order valence-corrected chi connectivity index (χ4v) is 1.79. The Bertz CT molecular complexity index is 367. The molecule has 1 aromatic carbocycles. The first-order valence-electron chi connectivity index (χ1n) is 6.43. The van der Waals surface area contributed by atoms with E-state index >= 15 is 0 Å². The van der Waals surface area contributed by atoms with Gasteiger partial charge in [0, 0.05) is 0 Å². The third-order valence-electron chi connectivity index (χ3n) is 2.76. The molecule has 0 aliphatic rings. The second-order valence-corrected chi connectivity index (χ2v) is 4.42. The molecule has 0 amide bonds. The molecule has 2 heteroatoms. The first-order chi connectivity index (χ1) is 8.26. The van der Waals surface area contributed by atoms with Crippen LogP contribution >= 0.6 is 0 Å². The quantitative estimate of drug-likeness (QED) is 0.655. The van der Waals surface area contributed by atoms with E-state index in [4.69, 9.17) is 10.00 Å². The van der Waals surface area contributed by atoms with Crippen molar-refractivity contribution < 1.29 is 4.74 Å². The number of hydrogen-bond donors (Lipinski definition) is 0. The average Bonchev–Trinajstić information content (AvgIpc) is 2.35. The van der Waals surface area contributed by atoms with Crippen molar-refractivity contribution in [1.29, 1.82) is 5.26 Å². The summed E-state index contributed by atoms with van der Waals surface area (Å²) in [5.74, 6) is 0.798. The Hall–Kier alpha value is -1.49. The predicted molar refractivity (Wildman–Crippen MR) is 70.0 cm³/mol. The fourth-order valence-electron chi connectivity index (χ4n) is 1.79. The summed E-state index contributed by atoms with van der Waals surface area (Å²) in [5.41, 5.74) is 0.653. The summed E-state index contributed by atoms with van der Waals surface area (Å²) >= 11 is 0. The average molecular weight is 231 g/mol. The highest BCUT2D eigenvalue weighted by Crippen LogP contribution is 2.16. The van der Waals surface area contributed by atoms with Crippen molar-refractivity contribution in [3.63, 3.8) is 0 Å². The Morgan fingerprint density at radius 1 is 1.29 bits per heavy atom. The van der Waals surface area contributed by atoms with Gasteiger partial charge < -0.3 is 4.74 Å². The standard InChI is InChI=1S/C15H21NO/c1-3-4-5-6-8-13(2)17-15-10-7-9-14(11-15)12-16/h7,9-11,13H,3-6,8H2,1-2H3. The molecule has 1 aromatic rings. The van der Waals surface area contributed by atoms with Gasteiger partial charge in [-0.15, -0.1) is 0 Å². The van der Waals surface area contributed by atoms with Crippen molar-refractivity contribution in [2.75, 3.05) is 0 Å². The van der Waals surface area contributed by atoms with E-state index in [0.717, 1.165) is 12.2 Å². The molecule has 1 atom stereocenters. The number of hydrogen-bond acceptors (Lipinski definition) is 2. The number of unbranched alkanes of at least 4 members (excludes halogenated alkanes) is 3. The zero-order valence-electron chi connectivity index (χ0n) is 10.8. The van der Waals surface area contributed by atoms with E-state index in [9.17, 15) is 0 Å². The molecule has 0 spiro atoms. The molecular weight excluding hydrogens is 210 g/mol. The van der Waals surface area contributed by atoms with Crippen LogP contribution in [0.4, 0.5) is 0 Å². The van der Waals surface area contributed by atoms with E-state index in [1.807, 2.05) is 12.1 Å². The van der Waals surface area contributed by atoms with Gasteiger partial charge in [-0.2, -0.15) is 5.26 Å². The lowest BCUT2D eigenvalue weighted by Gasteiger charge is -2.14. The molecule has 1 rings (SSSR count). The van der Waals surface area contributed by atoms with Crippen LogP contribution in [0.3, 0.4) is 0 Å². The Kier molecular flexibility index (Phi) is 6.17. The van der Waals surface area contributed by atoms with Crippen molar-refractivity contribution in [3.05, 3.63) is 29.8 Å². The molecule has 1 unspecified atom stereocenters. The molecule has 0 saturated heterocycles. The molecular formula is C15H21NO. The Balaban J connectivity index is 2.34. The zero-order chi connectivity index (χ0) is 12.5. The Morgan fingerprint density at radius 2 is 2.12 bits per heavy atom. The van der Waals surface area contributed by atoms with Gasteiger partial charge in [0.1, 0.15) is 5.75 Å². The second-order valence-electron chi connectivity index (χ2n) is 4.42. The third-order valence-corrected chi connectivity index (χ3v) is 2.76. The van der Waals surface area contributed by atoms with Crippen LogP contribution in [0.5, 0.6) is 5.75 Å². The van der Waals surface area contributed by atoms with E-state index in [1.165, 1.54) is 25.7 Å². The van der Waals surface area contributed by atoms with Gasteiger partial charge in [0.2, 0.25) is 0 Å². The van der Waals surface area contributed by atoms with Crippen molar-refractivity contribution in [2.24, 2.45) is 0 Å². The van der Waals surface area contributed by atoms with Gasteiger partial charge in [-0.1, -0.05) is 32.3 Å². The van der Waals surface area contributed by atoms with E-state index < -0.39 is 0 Å². The SMILES string of the molecule is CCCCCCC(C)Oc1cccc(C#N)c1. The highest BCUT2D eigenvalue weighted by atomic mass is 16.5. The van der Waals surface area contributed by atoms with E-state index in [0.29, 0.717) is 5.56 Å². The summed E-state index contributed by atoms with van der Waals surface area (Å²) in [6.45, 7) is 4.30. The Labute approximate surface area is 104 Å². The molecule has 0 aromatic heterocycles. The molecule has 2 nitrogen and oxygen atoms in total. The number of nitrogens with zero attached hydrogens (tertiary/aromatic N) is 1. The maximum Gasteiger partial charge on any atom is 0.121 e. The molecule has 17 heavy (non-hydrogen) atoms. The molecule has 0 aliphatic heterocycles. The topological polar surface area (TPSA) is 33.0 Å². The number of rotatable bonds is 7. The lowest BCUT2D eigenvalue weighted by Crippen LogP contribution is -2.11. The molecule has 0 fully saturated rings. The molecule has 0 radical (unpaired) electrons. The Morgan fingerprint density at radius 3 is 2.82 bits per heavy atom. The minimum absolute atomic E-state index is 0.223. The van der Waals surface area contributed by atoms with Crippen molar-refractivity contribution in [1.82, 2.24) is 0 Å². The summed E-state index contributed by atoms with van der Waals surface area (Å²) in [4.78, 5) is 0. The lowest BCUT2D eigenvalue weighted by molar-refractivity contribution is 0.206. The highest BCUT2D eigenvalue weighted by molar-refractivity contribution is 5.36. The fraction of sp³-hybridized carbons (Fsp3) is 0.533. The number of ether oxygens (including phenoxy) is 1. The maximum absolute atomic E-state index is 8.79. The molecule has 0 bridgehead atoms. The minimum Gasteiger partial charge on any atom is -0.491 e. The van der Waals surface area contributed by atoms with Crippen LogP contribution in [-0.2, 0) is 0 Å². The van der Waals surface area contributed by atoms with Crippen LogP contribution in [-0.4, -0.2) is 6.10 Å². The van der Waals surface area contributed by atoms with Gasteiger partial charge in [-0.05, 0) is 38.0 Å². The smallest absolute Gasteiger partial charge is 0.121 e. The molecule has 0 saturated carbocycles. The summed E-state index contributed by atoms with van der Waals surface area (Å²) in [5, 5.41) is 8.79. The van der Waals surface area contributed by atoms with E-state index in [-0.39, 0.29) is 6.10 Å². The molecule has 0 N–H and O–H groups in total. The monoisotopic (exact) mass is 231 g/mol. The van der Waals surface area contributed by atoms with Gasteiger partial charge in [-0.3, -0.25) is 0 Å². The van der Waals surface area contributed by atoms with Crippen LogP contribution in [0.2, 0.25) is 0 Å². The maximum atomic E-state index is 8.79. The van der Waals surface area contributed by atoms with Crippen molar-refractivity contribution in [2.45, 2.75) is 52.1 Å². The first kappa shape index (κ1) is 13.6. The summed E-state index contributed by atoms with van der Waals surface area (Å²) in [7, 11) is 0. The number of benzene rings is 1. The van der Waals surface area contributed by atoms with Gasteiger partial charge in [0.25, 0.3) is 0 Å². The zero-order valence-corrected chi connectivity index (χ0v) is 10.8. The van der Waals surface area contributed by atoms with E-state index in [2.05, 4.69) is 19.9 Å².